The third kappa shape index (κ3) is 3.15. The number of likely N-dealkylation sites (tertiary alicyclic amines) is 1. The fourth-order valence-corrected chi connectivity index (χ4v) is 2.51. The van der Waals surface area contributed by atoms with Gasteiger partial charge in [-0.1, -0.05) is 0 Å². The fourth-order valence-electron chi connectivity index (χ4n) is 2.51. The highest BCUT2D eigenvalue weighted by Crippen LogP contribution is 2.27. The molecule has 0 spiro atoms. The van der Waals surface area contributed by atoms with Gasteiger partial charge in [-0.05, 0) is 25.0 Å². The molecule has 8 heteroatoms. The maximum Gasteiger partial charge on any atom is 0.305 e. The second-order valence-electron chi connectivity index (χ2n) is 4.81. The number of carbonyl (C=O) groups excluding carboxylic acids is 1. The summed E-state index contributed by atoms with van der Waals surface area (Å²) in [6.07, 6.45) is 0.965. The lowest BCUT2D eigenvalue weighted by Crippen LogP contribution is -2.37. The molecule has 1 aromatic rings. The molecule has 1 N–H and O–H groups in total. The van der Waals surface area contributed by atoms with Crippen molar-refractivity contribution >= 4 is 17.6 Å². The normalized spacial score (nSPS) is 17.8. The molecule has 1 atom stereocenters. The molecule has 1 aromatic carbocycles. The lowest BCUT2D eigenvalue weighted by molar-refractivity contribution is -0.385. The van der Waals surface area contributed by atoms with Crippen molar-refractivity contribution in [1.82, 2.24) is 4.90 Å². The third-order valence-electron chi connectivity index (χ3n) is 3.44. The molecule has 21 heavy (non-hydrogen) atoms. The highest BCUT2D eigenvalue weighted by atomic mass is 19.1. The number of nitrogens with zero attached hydrogens (tertiary/aromatic N) is 2. The molecule has 0 aromatic heterocycles. The Labute approximate surface area is 119 Å². The maximum absolute atomic E-state index is 13.1. The smallest absolute Gasteiger partial charge is 0.305 e. The van der Waals surface area contributed by atoms with Crippen LogP contribution in [0.1, 0.15) is 29.6 Å². The Balaban J connectivity index is 2.31. The first-order valence-electron chi connectivity index (χ1n) is 6.37. The van der Waals surface area contributed by atoms with E-state index < -0.39 is 34.3 Å². The van der Waals surface area contributed by atoms with Gasteiger partial charge in [-0.15, -0.1) is 0 Å². The van der Waals surface area contributed by atoms with E-state index in [-0.39, 0.29) is 12.0 Å². The number of carbonyl (C=O) groups is 2. The number of rotatable bonds is 4. The molecule has 112 valence electrons. The summed E-state index contributed by atoms with van der Waals surface area (Å²) in [5, 5.41) is 19.8. The van der Waals surface area contributed by atoms with E-state index >= 15 is 0 Å². The first-order valence-corrected chi connectivity index (χ1v) is 6.37. The van der Waals surface area contributed by atoms with Gasteiger partial charge in [0.25, 0.3) is 11.6 Å². The van der Waals surface area contributed by atoms with Gasteiger partial charge in [-0.3, -0.25) is 19.7 Å². The summed E-state index contributed by atoms with van der Waals surface area (Å²) in [7, 11) is 0. The first kappa shape index (κ1) is 14.9. The Morgan fingerprint density at radius 3 is 2.81 bits per heavy atom. The molecule has 1 amide bonds. The molecule has 1 saturated heterocycles. The van der Waals surface area contributed by atoms with E-state index in [2.05, 4.69) is 0 Å². The average Bonchev–Trinajstić information content (AvgIpc) is 2.85. The number of amides is 1. The molecule has 1 fully saturated rings. The Morgan fingerprint density at radius 2 is 2.19 bits per heavy atom. The lowest BCUT2D eigenvalue weighted by atomic mass is 10.1. The topological polar surface area (TPSA) is 101 Å². The van der Waals surface area contributed by atoms with Crippen LogP contribution < -0.4 is 0 Å². The number of hydrogen-bond acceptors (Lipinski definition) is 4. The molecule has 1 unspecified atom stereocenters. The van der Waals surface area contributed by atoms with E-state index in [1.165, 1.54) is 4.90 Å². The number of halogens is 1. The van der Waals surface area contributed by atoms with Crippen LogP contribution in [0.25, 0.3) is 0 Å². The summed E-state index contributed by atoms with van der Waals surface area (Å²) < 4.78 is 13.1. The first-order chi connectivity index (χ1) is 9.90. The van der Waals surface area contributed by atoms with Crippen LogP contribution in [0.15, 0.2) is 18.2 Å². The van der Waals surface area contributed by atoms with Gasteiger partial charge >= 0.3 is 5.97 Å². The summed E-state index contributed by atoms with van der Waals surface area (Å²) in [4.78, 5) is 34.6. The summed E-state index contributed by atoms with van der Waals surface area (Å²) in [5.41, 5.74) is -0.834. The van der Waals surface area contributed by atoms with Crippen molar-refractivity contribution in [2.45, 2.75) is 25.3 Å². The quantitative estimate of drug-likeness (QED) is 0.674. The number of aliphatic carboxylic acids is 1. The zero-order chi connectivity index (χ0) is 15.6. The summed E-state index contributed by atoms with van der Waals surface area (Å²) in [5.74, 6) is -2.47. The summed E-state index contributed by atoms with van der Waals surface area (Å²) >= 11 is 0. The Kier molecular flexibility index (Phi) is 4.15. The summed E-state index contributed by atoms with van der Waals surface area (Å²) in [6, 6.07) is 2.24. The van der Waals surface area contributed by atoms with E-state index in [4.69, 9.17) is 5.11 Å². The predicted molar refractivity (Wildman–Crippen MR) is 69.4 cm³/mol. The van der Waals surface area contributed by atoms with Gasteiger partial charge in [0, 0.05) is 12.6 Å². The van der Waals surface area contributed by atoms with E-state index in [9.17, 15) is 24.1 Å². The molecular formula is C13H13FN2O5. The van der Waals surface area contributed by atoms with Crippen LogP contribution in [0.2, 0.25) is 0 Å². The Hall–Kier alpha value is -2.51. The van der Waals surface area contributed by atoms with Gasteiger partial charge in [0.1, 0.15) is 11.4 Å². The number of carboxylic acids is 1. The van der Waals surface area contributed by atoms with Crippen LogP contribution in [0.3, 0.4) is 0 Å². The maximum atomic E-state index is 13.1. The monoisotopic (exact) mass is 296 g/mol. The molecule has 7 nitrogen and oxygen atoms in total. The number of carboxylic acid groups (broad SMARTS) is 1. The zero-order valence-electron chi connectivity index (χ0n) is 11.0. The van der Waals surface area contributed by atoms with Crippen LogP contribution in [0, 0.1) is 15.9 Å². The zero-order valence-corrected chi connectivity index (χ0v) is 11.0. The van der Waals surface area contributed by atoms with Gasteiger partial charge in [0.15, 0.2) is 0 Å². The van der Waals surface area contributed by atoms with Crippen LogP contribution in [-0.4, -0.2) is 39.4 Å². The molecule has 2 rings (SSSR count). The molecule has 0 aliphatic carbocycles. The molecular weight excluding hydrogens is 283 g/mol. The van der Waals surface area contributed by atoms with Crippen molar-refractivity contribution in [2.24, 2.45) is 0 Å². The van der Waals surface area contributed by atoms with Crippen molar-refractivity contribution in [3.05, 3.63) is 39.7 Å². The molecule has 0 saturated carbocycles. The number of hydrogen-bond donors (Lipinski definition) is 1. The highest BCUT2D eigenvalue weighted by molar-refractivity contribution is 5.98. The number of benzene rings is 1. The van der Waals surface area contributed by atoms with E-state index in [1.54, 1.807) is 0 Å². The van der Waals surface area contributed by atoms with Crippen molar-refractivity contribution in [3.8, 4) is 0 Å². The summed E-state index contributed by atoms with van der Waals surface area (Å²) in [6.45, 7) is 0.339. The van der Waals surface area contributed by atoms with E-state index in [0.717, 1.165) is 12.1 Å². The Bertz CT molecular complexity index is 604. The lowest BCUT2D eigenvalue weighted by Gasteiger charge is -2.23. The van der Waals surface area contributed by atoms with Crippen molar-refractivity contribution < 1.29 is 24.0 Å². The van der Waals surface area contributed by atoms with Crippen LogP contribution in [-0.2, 0) is 4.79 Å². The van der Waals surface area contributed by atoms with Crippen LogP contribution >= 0.6 is 0 Å². The van der Waals surface area contributed by atoms with Crippen molar-refractivity contribution in [2.75, 3.05) is 6.54 Å². The van der Waals surface area contributed by atoms with Gasteiger partial charge in [-0.2, -0.15) is 0 Å². The van der Waals surface area contributed by atoms with Gasteiger partial charge in [0.05, 0.1) is 17.4 Å². The Morgan fingerprint density at radius 1 is 1.48 bits per heavy atom. The molecule has 1 aliphatic heterocycles. The highest BCUT2D eigenvalue weighted by Gasteiger charge is 2.34. The van der Waals surface area contributed by atoms with Gasteiger partial charge < -0.3 is 10.0 Å². The van der Waals surface area contributed by atoms with Crippen LogP contribution in [0.5, 0.6) is 0 Å². The van der Waals surface area contributed by atoms with Crippen LogP contribution in [0.4, 0.5) is 10.1 Å². The number of nitro benzene ring substituents is 1. The van der Waals surface area contributed by atoms with Gasteiger partial charge in [-0.25, -0.2) is 4.39 Å². The minimum absolute atomic E-state index is 0.208. The van der Waals surface area contributed by atoms with Crippen molar-refractivity contribution in [3.63, 3.8) is 0 Å². The van der Waals surface area contributed by atoms with E-state index in [0.29, 0.717) is 25.5 Å². The van der Waals surface area contributed by atoms with E-state index in [1.807, 2.05) is 0 Å². The SMILES string of the molecule is O=C(O)CC1CCCN1C(=O)c1ccc(F)cc1[N+](=O)[O-]. The molecule has 0 bridgehead atoms. The van der Waals surface area contributed by atoms with Gasteiger partial charge in [0.2, 0.25) is 0 Å². The second kappa shape index (κ2) is 5.86. The second-order valence-corrected chi connectivity index (χ2v) is 4.81. The molecule has 0 radical (unpaired) electrons. The third-order valence-corrected chi connectivity index (χ3v) is 3.44. The predicted octanol–water partition coefficient (Wildman–Crippen LogP) is 1.81. The fraction of sp³-hybridized carbons (Fsp3) is 0.385. The largest absolute Gasteiger partial charge is 0.481 e. The number of nitro groups is 1. The standard InChI is InChI=1S/C13H13FN2O5/c14-8-3-4-10(11(6-8)16(20)21)13(19)15-5-1-2-9(15)7-12(17)18/h3-4,6,9H,1-2,5,7H2,(H,17,18). The minimum Gasteiger partial charge on any atom is -0.481 e. The molecule has 1 heterocycles. The molecule has 1 aliphatic rings. The average molecular weight is 296 g/mol. The van der Waals surface area contributed by atoms with Crippen molar-refractivity contribution in [1.29, 1.82) is 0 Å². The minimum atomic E-state index is -1.03.